The van der Waals surface area contributed by atoms with Crippen LogP contribution in [0.3, 0.4) is 0 Å². The molecule has 2 heterocycles. The first kappa shape index (κ1) is 15.8. The average Bonchev–Trinajstić information content (AvgIpc) is 3.05. The van der Waals surface area contributed by atoms with Gasteiger partial charge in [0.05, 0.1) is 5.92 Å². The molecule has 3 N–H and O–H groups in total. The van der Waals surface area contributed by atoms with Crippen LogP contribution in [-0.4, -0.2) is 42.4 Å². The molecule has 1 aromatic carbocycles. The van der Waals surface area contributed by atoms with Crippen LogP contribution >= 0.6 is 12.4 Å². The fourth-order valence-electron chi connectivity index (χ4n) is 3.10. The number of amides is 2. The zero-order chi connectivity index (χ0) is 14.1. The second kappa shape index (κ2) is 6.45. The zero-order valence-electron chi connectivity index (χ0n) is 11.7. The Morgan fingerprint density at radius 1 is 1.24 bits per heavy atom. The number of nitrogens with two attached hydrogens (primary N) is 1. The molecule has 21 heavy (non-hydrogen) atoms. The lowest BCUT2D eigenvalue weighted by molar-refractivity contribution is -0.134. The van der Waals surface area contributed by atoms with Crippen molar-refractivity contribution >= 4 is 24.2 Å². The first-order valence-electron chi connectivity index (χ1n) is 7.01. The number of rotatable bonds is 2. The van der Waals surface area contributed by atoms with Crippen molar-refractivity contribution in [2.45, 2.75) is 18.4 Å². The molecule has 0 aromatic heterocycles. The summed E-state index contributed by atoms with van der Waals surface area (Å²) in [7, 11) is 0. The number of likely N-dealkylation sites (tertiary alicyclic amines) is 1. The third kappa shape index (κ3) is 3.19. The normalized spacial score (nSPS) is 28.1. The predicted octanol–water partition coefficient (Wildman–Crippen LogP) is 0.498. The van der Waals surface area contributed by atoms with E-state index < -0.39 is 0 Å². The van der Waals surface area contributed by atoms with E-state index in [4.69, 9.17) is 5.73 Å². The molecule has 3 rings (SSSR count). The van der Waals surface area contributed by atoms with Crippen LogP contribution in [0.25, 0.3) is 0 Å². The molecule has 1 unspecified atom stereocenters. The van der Waals surface area contributed by atoms with Gasteiger partial charge in [-0.25, -0.2) is 0 Å². The van der Waals surface area contributed by atoms with Gasteiger partial charge in [-0.1, -0.05) is 30.3 Å². The van der Waals surface area contributed by atoms with E-state index in [0.717, 1.165) is 0 Å². The molecule has 0 radical (unpaired) electrons. The van der Waals surface area contributed by atoms with Gasteiger partial charge in [-0.3, -0.25) is 9.59 Å². The highest BCUT2D eigenvalue weighted by Gasteiger charge is 2.38. The second-order valence-corrected chi connectivity index (χ2v) is 5.63. The standard InChI is InChI=1S/C15H19N3O2.ClH/c16-13-9-18(15(20)11-6-14(19)17-7-11)8-12(13)10-4-2-1-3-5-10;/h1-5,11-13H,6-9,16H2,(H,17,19);1H/t11?,12-,13+;/m0./s1. The molecule has 2 aliphatic heterocycles. The number of benzene rings is 1. The van der Waals surface area contributed by atoms with Gasteiger partial charge in [0, 0.05) is 38.0 Å². The lowest BCUT2D eigenvalue weighted by Crippen LogP contribution is -2.37. The van der Waals surface area contributed by atoms with Crippen molar-refractivity contribution in [1.29, 1.82) is 0 Å². The highest BCUT2D eigenvalue weighted by Crippen LogP contribution is 2.28. The summed E-state index contributed by atoms with van der Waals surface area (Å²) in [5.74, 6) is -0.0156. The van der Waals surface area contributed by atoms with Crippen LogP contribution in [0.2, 0.25) is 0 Å². The van der Waals surface area contributed by atoms with Crippen molar-refractivity contribution in [3.8, 4) is 0 Å². The Balaban J connectivity index is 0.00000161. The van der Waals surface area contributed by atoms with Gasteiger partial charge < -0.3 is 16.0 Å². The van der Waals surface area contributed by atoms with Gasteiger partial charge >= 0.3 is 0 Å². The Hall–Kier alpha value is -1.59. The minimum atomic E-state index is -0.218. The summed E-state index contributed by atoms with van der Waals surface area (Å²) < 4.78 is 0. The molecule has 2 fully saturated rings. The lowest BCUT2D eigenvalue weighted by Gasteiger charge is -2.19. The van der Waals surface area contributed by atoms with Crippen LogP contribution < -0.4 is 11.1 Å². The van der Waals surface area contributed by atoms with Gasteiger partial charge in [0.2, 0.25) is 11.8 Å². The summed E-state index contributed by atoms with van der Waals surface area (Å²) in [6, 6.07) is 10.0. The van der Waals surface area contributed by atoms with Crippen molar-refractivity contribution in [3.63, 3.8) is 0 Å². The number of hydrogen-bond donors (Lipinski definition) is 2. The molecule has 0 aliphatic carbocycles. The summed E-state index contributed by atoms with van der Waals surface area (Å²) in [4.78, 5) is 25.4. The highest BCUT2D eigenvalue weighted by atomic mass is 35.5. The summed E-state index contributed by atoms with van der Waals surface area (Å²) in [5.41, 5.74) is 7.37. The Kier molecular flexibility index (Phi) is 4.85. The smallest absolute Gasteiger partial charge is 0.228 e. The zero-order valence-corrected chi connectivity index (χ0v) is 12.5. The first-order valence-corrected chi connectivity index (χ1v) is 7.01. The van der Waals surface area contributed by atoms with E-state index >= 15 is 0 Å². The second-order valence-electron chi connectivity index (χ2n) is 5.63. The van der Waals surface area contributed by atoms with Crippen LogP contribution in [0, 0.1) is 5.92 Å². The molecule has 2 saturated heterocycles. The minimum Gasteiger partial charge on any atom is -0.355 e. The Labute approximate surface area is 130 Å². The third-order valence-corrected chi connectivity index (χ3v) is 4.23. The van der Waals surface area contributed by atoms with E-state index in [9.17, 15) is 9.59 Å². The molecular formula is C15H20ClN3O2. The number of nitrogens with zero attached hydrogens (tertiary/aromatic N) is 1. The van der Waals surface area contributed by atoms with E-state index in [-0.39, 0.29) is 42.1 Å². The molecule has 2 amide bonds. The Morgan fingerprint density at radius 3 is 2.57 bits per heavy atom. The van der Waals surface area contributed by atoms with E-state index in [0.29, 0.717) is 26.1 Å². The molecule has 6 heteroatoms. The number of nitrogens with one attached hydrogen (secondary N) is 1. The van der Waals surface area contributed by atoms with Gasteiger partial charge in [0.25, 0.3) is 0 Å². The van der Waals surface area contributed by atoms with Gasteiger partial charge in [0.1, 0.15) is 0 Å². The monoisotopic (exact) mass is 309 g/mol. The van der Waals surface area contributed by atoms with E-state index in [1.54, 1.807) is 0 Å². The van der Waals surface area contributed by atoms with Gasteiger partial charge in [-0.15, -0.1) is 12.4 Å². The minimum absolute atomic E-state index is 0. The largest absolute Gasteiger partial charge is 0.355 e. The molecule has 0 spiro atoms. The number of carbonyl (C=O) groups is 2. The van der Waals surface area contributed by atoms with Crippen LogP contribution in [0.5, 0.6) is 0 Å². The van der Waals surface area contributed by atoms with Crippen molar-refractivity contribution in [2.24, 2.45) is 11.7 Å². The van der Waals surface area contributed by atoms with Crippen LogP contribution in [0.1, 0.15) is 17.9 Å². The fourth-order valence-corrected chi connectivity index (χ4v) is 3.10. The lowest BCUT2D eigenvalue weighted by atomic mass is 9.95. The fraction of sp³-hybridized carbons (Fsp3) is 0.467. The van der Waals surface area contributed by atoms with Gasteiger partial charge in [-0.05, 0) is 5.56 Å². The van der Waals surface area contributed by atoms with E-state index in [2.05, 4.69) is 17.4 Å². The maximum Gasteiger partial charge on any atom is 0.228 e. The van der Waals surface area contributed by atoms with Gasteiger partial charge in [-0.2, -0.15) is 0 Å². The topological polar surface area (TPSA) is 75.4 Å². The van der Waals surface area contributed by atoms with Crippen LogP contribution in [0.4, 0.5) is 0 Å². The van der Waals surface area contributed by atoms with E-state index in [1.165, 1.54) is 5.56 Å². The van der Waals surface area contributed by atoms with E-state index in [1.807, 2.05) is 23.1 Å². The number of hydrogen-bond acceptors (Lipinski definition) is 3. The van der Waals surface area contributed by atoms with Crippen molar-refractivity contribution in [3.05, 3.63) is 35.9 Å². The molecule has 5 nitrogen and oxygen atoms in total. The molecule has 0 saturated carbocycles. The van der Waals surface area contributed by atoms with Crippen molar-refractivity contribution < 1.29 is 9.59 Å². The highest BCUT2D eigenvalue weighted by molar-refractivity contribution is 5.89. The van der Waals surface area contributed by atoms with Gasteiger partial charge in [0.15, 0.2) is 0 Å². The average molecular weight is 310 g/mol. The molecule has 0 bridgehead atoms. The maximum atomic E-state index is 12.4. The number of carbonyl (C=O) groups excluding carboxylic acids is 2. The van der Waals surface area contributed by atoms with Crippen LogP contribution in [-0.2, 0) is 9.59 Å². The maximum absolute atomic E-state index is 12.4. The summed E-state index contributed by atoms with van der Waals surface area (Å²) in [5, 5.41) is 2.71. The van der Waals surface area contributed by atoms with Crippen molar-refractivity contribution in [1.82, 2.24) is 10.2 Å². The molecule has 2 aliphatic rings. The van der Waals surface area contributed by atoms with Crippen LogP contribution in [0.15, 0.2) is 30.3 Å². The summed E-state index contributed by atoms with van der Waals surface area (Å²) in [6.07, 6.45) is 0.306. The van der Waals surface area contributed by atoms with Crippen molar-refractivity contribution in [2.75, 3.05) is 19.6 Å². The summed E-state index contributed by atoms with van der Waals surface area (Å²) in [6.45, 7) is 1.68. The predicted molar refractivity (Wildman–Crippen MR) is 82.1 cm³/mol. The molecule has 1 aromatic rings. The Bertz CT molecular complexity index is 523. The molecule has 3 atom stereocenters. The number of halogens is 1. The first-order chi connectivity index (χ1) is 9.65. The SMILES string of the molecule is Cl.N[C@@H]1CN(C(=O)C2CNC(=O)C2)C[C@H]1c1ccccc1. The molecule has 114 valence electrons. The molecular weight excluding hydrogens is 290 g/mol. The summed E-state index contributed by atoms with van der Waals surface area (Å²) >= 11 is 0. The quantitative estimate of drug-likeness (QED) is 0.835. The third-order valence-electron chi connectivity index (χ3n) is 4.23. The Morgan fingerprint density at radius 2 is 1.95 bits per heavy atom.